The number of amides is 2. The molecule has 37 heteroatoms. The molecular formula is C63H73N17O15S5. The highest BCUT2D eigenvalue weighted by Crippen LogP contribution is 2.45. The van der Waals surface area contributed by atoms with Gasteiger partial charge in [0.05, 0.1) is 101 Å². The molecule has 0 spiro atoms. The number of nitrogens with one attached hydrogen (secondary N) is 4. The number of ketones is 2. The topological polar surface area (TPSA) is 409 Å². The number of hydrogen-bond donors (Lipinski definition) is 7. The summed E-state index contributed by atoms with van der Waals surface area (Å²) in [6.45, 7) is 15.6. The van der Waals surface area contributed by atoms with Crippen molar-refractivity contribution in [2.45, 2.75) is 56.5 Å². The number of nitrogens with zero attached hydrogens (tertiary/aromatic N) is 13. The second kappa shape index (κ2) is 34.1. The van der Waals surface area contributed by atoms with E-state index in [0.29, 0.717) is 134 Å². The van der Waals surface area contributed by atoms with E-state index in [2.05, 4.69) is 41.3 Å². The third kappa shape index (κ3) is 19.1. The van der Waals surface area contributed by atoms with Crippen LogP contribution in [0, 0.1) is 0 Å². The molecule has 2 aliphatic rings. The number of carbonyl (C=O) groups is 4. The number of morpholine rings is 2. The van der Waals surface area contributed by atoms with Gasteiger partial charge >= 0.3 is 0 Å². The fourth-order valence-electron chi connectivity index (χ4n) is 10.2. The van der Waals surface area contributed by atoms with Crippen LogP contribution in [0.25, 0.3) is 12.2 Å². The maximum absolute atomic E-state index is 13.8. The van der Waals surface area contributed by atoms with Gasteiger partial charge in [-0.3, -0.25) is 28.3 Å². The van der Waals surface area contributed by atoms with Gasteiger partial charge in [0.2, 0.25) is 22.2 Å². The Balaban J connectivity index is 1.10. The Morgan fingerprint density at radius 1 is 0.600 bits per heavy atom. The van der Waals surface area contributed by atoms with Crippen molar-refractivity contribution < 1.29 is 69.2 Å². The zero-order valence-electron chi connectivity index (χ0n) is 55.6. The van der Waals surface area contributed by atoms with Gasteiger partial charge in [0, 0.05) is 81.6 Å². The average Bonchev–Trinajstić information content (AvgIpc) is 1.22. The van der Waals surface area contributed by atoms with E-state index in [9.17, 15) is 50.2 Å². The van der Waals surface area contributed by atoms with Crippen molar-refractivity contribution in [2.24, 2.45) is 20.5 Å². The highest BCUT2D eigenvalue weighted by Gasteiger charge is 2.27. The van der Waals surface area contributed by atoms with Crippen LogP contribution in [0.5, 0.6) is 11.5 Å². The Morgan fingerprint density at radius 3 is 1.35 bits per heavy atom. The zero-order valence-corrected chi connectivity index (χ0v) is 59.7. The van der Waals surface area contributed by atoms with Gasteiger partial charge in [0.25, 0.3) is 32.1 Å². The smallest absolute Gasteiger partial charge is 0.294 e. The highest BCUT2D eigenvalue weighted by atomic mass is 32.2. The van der Waals surface area contributed by atoms with Crippen molar-refractivity contribution in [2.75, 3.05) is 146 Å². The lowest BCUT2D eigenvalue weighted by atomic mass is 10.1. The molecular weight excluding hydrogens is 1400 g/mol. The molecule has 2 amide bonds. The largest absolute Gasteiger partial charge is 0.494 e. The fourth-order valence-corrected chi connectivity index (χ4v) is 13.6. The molecule has 9 rings (SSSR count). The third-order valence-electron chi connectivity index (χ3n) is 15.2. The predicted molar refractivity (Wildman–Crippen MR) is 383 cm³/mol. The SMILES string of the molecule is CCN(CC)c1cc(Nc2nc(Nc3cc(N(CC)CC)c(OC)cc3/N=N/c3nc(N4CCOCC4)c(/C=C(\C(C)=O)C(=O)Nc4cccc(S(=O)(=O)O)c4)s3)nc(SCCO)n2)c(/N=N/c2nc(N3CCOCC3)c(/C=C(/C(C)=O)C(=O)Nc3cccc(S(=O)(=O)O)c3)s2)cc1OC. The third-order valence-corrected chi connectivity index (χ3v) is 19.4. The number of aliphatic hydroxyl groups excluding tert-OH is 1. The molecule has 4 aromatic carbocycles. The van der Waals surface area contributed by atoms with E-state index in [-0.39, 0.29) is 73.6 Å². The number of thiazole rings is 2. The molecule has 0 atom stereocenters. The van der Waals surface area contributed by atoms with Crippen LogP contribution in [0.2, 0.25) is 0 Å². The quantitative estimate of drug-likeness (QED) is 0.00530. The molecule has 100 heavy (non-hydrogen) atoms. The normalized spacial score (nSPS) is 13.9. The summed E-state index contributed by atoms with van der Waals surface area (Å²) in [4.78, 5) is 86.0. The van der Waals surface area contributed by atoms with Crippen molar-refractivity contribution >= 4 is 169 Å². The van der Waals surface area contributed by atoms with Gasteiger partial charge in [0.15, 0.2) is 16.7 Å². The first-order valence-electron chi connectivity index (χ1n) is 31.2. The summed E-state index contributed by atoms with van der Waals surface area (Å²) in [5.74, 6) is -1.04. The summed E-state index contributed by atoms with van der Waals surface area (Å²) >= 11 is 3.23. The first kappa shape index (κ1) is 74.8. The van der Waals surface area contributed by atoms with Crippen LogP contribution in [0.1, 0.15) is 51.3 Å². The number of benzene rings is 4. The Kier molecular flexibility index (Phi) is 25.5. The minimum atomic E-state index is -4.61. The number of ether oxygens (including phenoxy) is 4. The molecule has 5 heterocycles. The summed E-state index contributed by atoms with van der Waals surface area (Å²) in [6.07, 6.45) is 2.76. The number of rotatable bonds is 31. The van der Waals surface area contributed by atoms with Gasteiger partial charge in [-0.1, -0.05) is 46.6 Å². The first-order chi connectivity index (χ1) is 47.9. The molecule has 3 aromatic heterocycles. The molecule has 0 bridgehead atoms. The molecule has 2 aliphatic heterocycles. The second-order valence-electron chi connectivity index (χ2n) is 21.6. The molecule has 7 aromatic rings. The lowest BCUT2D eigenvalue weighted by Gasteiger charge is -2.27. The lowest BCUT2D eigenvalue weighted by molar-refractivity contribution is -0.120. The molecule has 2 fully saturated rings. The van der Waals surface area contributed by atoms with E-state index in [1.165, 1.54) is 64.5 Å². The summed E-state index contributed by atoms with van der Waals surface area (Å²) in [5, 5.41) is 41.0. The number of carbonyl (C=O) groups excluding carboxylic acids is 4. The van der Waals surface area contributed by atoms with Crippen LogP contribution in [0.4, 0.5) is 79.3 Å². The summed E-state index contributed by atoms with van der Waals surface area (Å²) in [6, 6.07) is 16.9. The van der Waals surface area contributed by atoms with Gasteiger partial charge in [-0.05, 0) is 102 Å². The first-order valence-corrected chi connectivity index (χ1v) is 36.7. The number of thioether (sulfide) groups is 1. The Labute approximate surface area is 588 Å². The number of Topliss-reactive ketones (excluding diaryl/α,β-unsaturated/α-hetero) is 2. The Bertz CT molecular complexity index is 4250. The summed E-state index contributed by atoms with van der Waals surface area (Å²) in [5.41, 5.74) is 1.94. The number of aliphatic hydroxyl groups is 1. The van der Waals surface area contributed by atoms with Crippen molar-refractivity contribution in [3.63, 3.8) is 0 Å². The molecule has 530 valence electrons. The molecule has 0 radical (unpaired) electrons. The lowest BCUT2D eigenvalue weighted by Crippen LogP contribution is -2.36. The van der Waals surface area contributed by atoms with E-state index >= 15 is 0 Å². The maximum atomic E-state index is 13.8. The molecule has 7 N–H and O–H groups in total. The molecule has 32 nitrogen and oxygen atoms in total. The van der Waals surface area contributed by atoms with Crippen molar-refractivity contribution in [3.8, 4) is 11.5 Å². The Hall–Kier alpha value is -9.44. The monoisotopic (exact) mass is 1470 g/mol. The molecule has 0 unspecified atom stereocenters. The number of azo groups is 2. The number of methoxy groups -OCH3 is 2. The van der Waals surface area contributed by atoms with E-state index in [1.807, 2.05) is 49.6 Å². The molecule has 0 aliphatic carbocycles. The van der Waals surface area contributed by atoms with Crippen molar-refractivity contribution in [1.82, 2.24) is 24.9 Å². The Morgan fingerprint density at radius 2 is 1.00 bits per heavy atom. The van der Waals surface area contributed by atoms with Crippen molar-refractivity contribution in [1.29, 1.82) is 0 Å². The number of hydrogen-bond acceptors (Lipinski definition) is 31. The zero-order chi connectivity index (χ0) is 71.8. The number of anilines is 10. The minimum Gasteiger partial charge on any atom is -0.494 e. The van der Waals surface area contributed by atoms with Crippen LogP contribution in [-0.4, -0.2) is 185 Å². The fraction of sp³-hybridized carbons (Fsp3) is 0.349. The van der Waals surface area contributed by atoms with E-state index in [0.717, 1.165) is 58.7 Å². The van der Waals surface area contributed by atoms with Crippen molar-refractivity contribution in [3.05, 3.63) is 93.7 Å². The minimum absolute atomic E-state index is 0.00864. The maximum Gasteiger partial charge on any atom is 0.294 e. The van der Waals surface area contributed by atoms with Crippen LogP contribution < -0.4 is 50.3 Å². The van der Waals surface area contributed by atoms with E-state index in [4.69, 9.17) is 54.1 Å². The summed E-state index contributed by atoms with van der Waals surface area (Å²) in [7, 11) is -6.18. The van der Waals surface area contributed by atoms with Gasteiger partial charge in [-0.25, -0.2) is 0 Å². The van der Waals surface area contributed by atoms with Crippen LogP contribution in [0.3, 0.4) is 0 Å². The average molecular weight is 1470 g/mol. The molecule has 2 saturated heterocycles. The standard InChI is InChI=1S/C63H73N17O15S5/c1-9-77(10-2)49-33-45(47(35-51(49)92-7)73-75-62-68-55(79-19-24-94-25-20-79)53(97-62)31-43(37(5)82)57(84)64-39-15-13-17-41(29-39)99(86,87)88)66-59-70-60(72-61(71-59)96-28-23-81)67-46-34-50(78(11-3)12-4)52(93-8)36-48(46)74-76-63-69-56(80-21-26-95-27-22-80)54(98-63)32-44(38(6)83)58(85)65-40-16-14-18-42(30-40)100(89,90)91/h13-18,29-36,81H,9-12,19-28H2,1-8H3,(H,64,84)(H,65,85)(H,86,87,88)(H,89,90,91)(H2,66,67,70,71,72)/b43-31-,44-32+,75-73+,76-74+. The van der Waals surface area contributed by atoms with Gasteiger partial charge in [-0.15, -0.1) is 20.5 Å². The van der Waals surface area contributed by atoms with Gasteiger partial charge in [-0.2, -0.15) is 41.8 Å². The predicted octanol–water partition coefficient (Wildman–Crippen LogP) is 10.3. The second-order valence-corrected chi connectivity index (χ2v) is 27.5. The van der Waals surface area contributed by atoms with E-state index in [1.54, 1.807) is 12.1 Å². The molecule has 0 saturated carbocycles. The highest BCUT2D eigenvalue weighted by molar-refractivity contribution is 7.99. The van der Waals surface area contributed by atoms with Gasteiger partial charge < -0.3 is 64.9 Å². The van der Waals surface area contributed by atoms with E-state index < -0.39 is 53.4 Å². The van der Waals surface area contributed by atoms with Gasteiger partial charge in [0.1, 0.15) is 34.5 Å². The van der Waals surface area contributed by atoms with Crippen LogP contribution in [0.15, 0.2) is 119 Å². The number of aromatic nitrogens is 5. The summed E-state index contributed by atoms with van der Waals surface area (Å²) < 4.78 is 90.1. The van der Waals surface area contributed by atoms with Crippen LogP contribution in [-0.2, 0) is 48.9 Å². The van der Waals surface area contributed by atoms with Crippen LogP contribution >= 0.6 is 34.4 Å².